The Kier molecular flexibility index (Phi) is 9.04. The first kappa shape index (κ1) is 24.4. The minimum atomic E-state index is -1.02. The molecule has 160 valence electrons. The van der Waals surface area contributed by atoms with Crippen molar-refractivity contribution in [2.75, 3.05) is 20.6 Å². The number of hydrogen-bond acceptors (Lipinski definition) is 4. The molecule has 29 heavy (non-hydrogen) atoms. The quantitative estimate of drug-likeness (QED) is 0.519. The second-order valence-electron chi connectivity index (χ2n) is 7.66. The molecule has 7 heteroatoms. The van der Waals surface area contributed by atoms with Crippen LogP contribution in [-0.4, -0.2) is 60.5 Å². The Morgan fingerprint density at radius 3 is 2.28 bits per heavy atom. The smallest absolute Gasteiger partial charge is 0.331 e. The van der Waals surface area contributed by atoms with Crippen LogP contribution >= 0.6 is 0 Å². The van der Waals surface area contributed by atoms with Crippen molar-refractivity contribution >= 4 is 17.8 Å². The summed E-state index contributed by atoms with van der Waals surface area (Å²) >= 11 is 0. The maximum atomic E-state index is 12.8. The van der Waals surface area contributed by atoms with Crippen LogP contribution in [0.4, 0.5) is 0 Å². The number of hydrogen-bond donors (Lipinski definition) is 3. The molecule has 0 spiro atoms. The Labute approximate surface area is 173 Å². The van der Waals surface area contributed by atoms with Crippen LogP contribution in [0.3, 0.4) is 0 Å². The van der Waals surface area contributed by atoms with Crippen LogP contribution in [-0.2, 0) is 19.8 Å². The van der Waals surface area contributed by atoms with Gasteiger partial charge >= 0.3 is 5.97 Å². The van der Waals surface area contributed by atoms with Crippen LogP contribution in [0.5, 0.6) is 0 Å². The molecule has 2 atom stereocenters. The van der Waals surface area contributed by atoms with Gasteiger partial charge in [0.25, 0.3) is 0 Å². The van der Waals surface area contributed by atoms with E-state index in [1.165, 1.54) is 11.8 Å². The largest absolute Gasteiger partial charge is 0.478 e. The molecule has 0 aliphatic carbocycles. The van der Waals surface area contributed by atoms with Crippen molar-refractivity contribution in [3.8, 4) is 0 Å². The van der Waals surface area contributed by atoms with Gasteiger partial charge in [0.1, 0.15) is 0 Å². The lowest BCUT2D eigenvalue weighted by Crippen LogP contribution is -2.55. The summed E-state index contributed by atoms with van der Waals surface area (Å²) in [5, 5.41) is 14.8. The van der Waals surface area contributed by atoms with E-state index in [1.54, 1.807) is 20.2 Å². The highest BCUT2D eigenvalue weighted by molar-refractivity contribution is 5.89. The van der Waals surface area contributed by atoms with E-state index in [2.05, 4.69) is 10.6 Å². The van der Waals surface area contributed by atoms with Gasteiger partial charge in [0.2, 0.25) is 11.8 Å². The molecular weight excluding hydrogens is 370 g/mol. The highest BCUT2D eigenvalue weighted by Crippen LogP contribution is 2.27. The molecule has 1 rings (SSSR count). The van der Waals surface area contributed by atoms with E-state index in [1.807, 2.05) is 51.1 Å². The molecule has 0 aliphatic heterocycles. The highest BCUT2D eigenvalue weighted by Gasteiger charge is 2.35. The molecule has 0 aliphatic rings. The number of aliphatic carboxylic acids is 1. The molecule has 3 N–H and O–H groups in total. The zero-order valence-corrected chi connectivity index (χ0v) is 18.2. The Morgan fingerprint density at radius 2 is 1.79 bits per heavy atom. The van der Waals surface area contributed by atoms with Crippen LogP contribution < -0.4 is 10.6 Å². The Hall–Kier alpha value is -2.67. The zero-order chi connectivity index (χ0) is 22.2. The third kappa shape index (κ3) is 6.42. The molecule has 0 saturated heterocycles. The lowest BCUT2D eigenvalue weighted by Gasteiger charge is -2.34. The summed E-state index contributed by atoms with van der Waals surface area (Å²) in [6.07, 6.45) is 2.12. The number of nitrogens with zero attached hydrogens (tertiary/aromatic N) is 1. The van der Waals surface area contributed by atoms with E-state index in [-0.39, 0.29) is 30.0 Å². The standard InChI is InChI=1S/C22H33N3O4/c1-7-17(13-15(2)21(28)29)25(6)18(26)14-24-20(27)19(23-5)22(3,4)16-11-9-8-10-12-16/h8-13,17,19,23H,7,14H2,1-6H3,(H,24,27)(H,28,29)/b15-13+/t17-,19?/m0/s1. The van der Waals surface area contributed by atoms with E-state index in [0.29, 0.717) is 6.42 Å². The number of amides is 2. The van der Waals surface area contributed by atoms with Gasteiger partial charge in [-0.2, -0.15) is 0 Å². The van der Waals surface area contributed by atoms with Crippen molar-refractivity contribution in [1.29, 1.82) is 0 Å². The molecule has 1 unspecified atom stereocenters. The predicted octanol–water partition coefficient (Wildman–Crippen LogP) is 1.94. The molecule has 0 saturated carbocycles. The number of rotatable bonds is 10. The molecule has 0 radical (unpaired) electrons. The van der Waals surface area contributed by atoms with Crippen LogP contribution in [0.2, 0.25) is 0 Å². The zero-order valence-electron chi connectivity index (χ0n) is 18.2. The number of benzene rings is 1. The van der Waals surface area contributed by atoms with Gasteiger partial charge in [-0.05, 0) is 26.0 Å². The number of carbonyl (C=O) groups excluding carboxylic acids is 2. The average Bonchev–Trinajstić information content (AvgIpc) is 2.70. The highest BCUT2D eigenvalue weighted by atomic mass is 16.4. The maximum Gasteiger partial charge on any atom is 0.331 e. The lowest BCUT2D eigenvalue weighted by atomic mass is 9.77. The van der Waals surface area contributed by atoms with Crippen molar-refractivity contribution in [3.05, 3.63) is 47.5 Å². The fourth-order valence-electron chi connectivity index (χ4n) is 3.29. The van der Waals surface area contributed by atoms with Crippen LogP contribution in [0, 0.1) is 0 Å². The van der Waals surface area contributed by atoms with Crippen molar-refractivity contribution in [2.45, 2.75) is 51.6 Å². The molecule has 0 heterocycles. The second-order valence-corrected chi connectivity index (χ2v) is 7.66. The molecule has 2 amide bonds. The molecule has 1 aromatic carbocycles. The maximum absolute atomic E-state index is 12.8. The van der Waals surface area contributed by atoms with Crippen LogP contribution in [0.1, 0.15) is 39.7 Å². The predicted molar refractivity (Wildman–Crippen MR) is 114 cm³/mol. The normalized spacial score (nSPS) is 14.1. The van der Waals surface area contributed by atoms with Crippen molar-refractivity contribution in [2.24, 2.45) is 0 Å². The van der Waals surface area contributed by atoms with Gasteiger partial charge in [-0.15, -0.1) is 0 Å². The van der Waals surface area contributed by atoms with Gasteiger partial charge in [0, 0.05) is 18.0 Å². The summed E-state index contributed by atoms with van der Waals surface area (Å²) in [7, 11) is 3.33. The fourth-order valence-corrected chi connectivity index (χ4v) is 3.29. The second kappa shape index (κ2) is 10.8. The van der Waals surface area contributed by atoms with Crippen LogP contribution in [0.25, 0.3) is 0 Å². The van der Waals surface area contributed by atoms with Crippen molar-refractivity contribution in [1.82, 2.24) is 15.5 Å². The first-order valence-corrected chi connectivity index (χ1v) is 9.74. The minimum absolute atomic E-state index is 0.158. The molecule has 0 fully saturated rings. The first-order valence-electron chi connectivity index (χ1n) is 9.74. The van der Waals surface area contributed by atoms with Crippen LogP contribution in [0.15, 0.2) is 42.0 Å². The van der Waals surface area contributed by atoms with Crippen molar-refractivity contribution < 1.29 is 19.5 Å². The van der Waals surface area contributed by atoms with Gasteiger partial charge in [-0.3, -0.25) is 9.59 Å². The summed E-state index contributed by atoms with van der Waals surface area (Å²) in [6.45, 7) is 7.16. The van der Waals surface area contributed by atoms with E-state index in [0.717, 1.165) is 5.56 Å². The van der Waals surface area contributed by atoms with Gasteiger partial charge in [-0.1, -0.05) is 57.2 Å². The van der Waals surface area contributed by atoms with E-state index >= 15 is 0 Å². The fraction of sp³-hybridized carbons (Fsp3) is 0.500. The minimum Gasteiger partial charge on any atom is -0.478 e. The summed E-state index contributed by atoms with van der Waals surface area (Å²) in [5.74, 6) is -1.57. The van der Waals surface area contributed by atoms with Crippen molar-refractivity contribution in [3.63, 3.8) is 0 Å². The SMILES string of the molecule is CC[C@@H](/C=C(\C)C(=O)O)N(C)C(=O)CNC(=O)C(NC)C(C)(C)c1ccccc1. The Balaban J connectivity index is 2.82. The Bertz CT molecular complexity index is 744. The number of nitrogens with one attached hydrogen (secondary N) is 2. The molecule has 0 bridgehead atoms. The lowest BCUT2D eigenvalue weighted by molar-refractivity contribution is -0.134. The summed E-state index contributed by atoms with van der Waals surface area (Å²) in [6, 6.07) is 8.84. The van der Waals surface area contributed by atoms with E-state index in [4.69, 9.17) is 5.11 Å². The molecule has 0 aromatic heterocycles. The van der Waals surface area contributed by atoms with Gasteiger partial charge < -0.3 is 20.6 Å². The number of carbonyl (C=O) groups is 3. The third-order valence-corrected chi connectivity index (χ3v) is 5.29. The molecule has 7 nitrogen and oxygen atoms in total. The first-order chi connectivity index (χ1) is 13.6. The van der Waals surface area contributed by atoms with Gasteiger partial charge in [0.05, 0.1) is 18.6 Å². The summed E-state index contributed by atoms with van der Waals surface area (Å²) < 4.78 is 0. The van der Waals surface area contributed by atoms with E-state index < -0.39 is 17.4 Å². The van der Waals surface area contributed by atoms with Gasteiger partial charge in [-0.25, -0.2) is 4.79 Å². The number of carboxylic acids is 1. The number of likely N-dealkylation sites (N-methyl/N-ethyl adjacent to an activating group) is 2. The Morgan fingerprint density at radius 1 is 1.21 bits per heavy atom. The number of carboxylic acid groups (broad SMARTS) is 1. The van der Waals surface area contributed by atoms with E-state index in [9.17, 15) is 14.4 Å². The summed E-state index contributed by atoms with van der Waals surface area (Å²) in [4.78, 5) is 37.8. The average molecular weight is 404 g/mol. The molecular formula is C22H33N3O4. The monoisotopic (exact) mass is 403 g/mol. The summed E-state index contributed by atoms with van der Waals surface area (Å²) in [5.41, 5.74) is 0.709. The molecule has 1 aromatic rings. The topological polar surface area (TPSA) is 98.7 Å². The van der Waals surface area contributed by atoms with Gasteiger partial charge in [0.15, 0.2) is 0 Å². The third-order valence-electron chi connectivity index (χ3n) is 5.29.